The summed E-state index contributed by atoms with van der Waals surface area (Å²) in [6.07, 6.45) is 0.981. The van der Waals surface area contributed by atoms with E-state index in [9.17, 15) is 9.90 Å². The molecule has 0 aliphatic rings. The van der Waals surface area contributed by atoms with Crippen molar-refractivity contribution in [2.45, 2.75) is 40.7 Å². The number of hydrogen-bond donors (Lipinski definition) is 2. The third-order valence-corrected chi connectivity index (χ3v) is 3.02. The smallest absolute Gasteiger partial charge is 0.256 e. The van der Waals surface area contributed by atoms with Crippen molar-refractivity contribution < 1.29 is 14.6 Å². The van der Waals surface area contributed by atoms with Crippen molar-refractivity contribution in [2.75, 3.05) is 13.2 Å². The molecule has 0 saturated heterocycles. The van der Waals surface area contributed by atoms with Gasteiger partial charge in [-0.3, -0.25) is 4.79 Å². The summed E-state index contributed by atoms with van der Waals surface area (Å²) in [5.41, 5.74) is 0.110. The van der Waals surface area contributed by atoms with Gasteiger partial charge in [-0.25, -0.2) is 4.98 Å². The Kier molecular flexibility index (Phi) is 6.15. The Balaban J connectivity index is 2.70. The molecule has 0 saturated carbocycles. The lowest BCUT2D eigenvalue weighted by Gasteiger charge is -2.26. The van der Waals surface area contributed by atoms with Crippen LogP contribution in [0, 0.1) is 11.3 Å². The van der Waals surface area contributed by atoms with Gasteiger partial charge in [0, 0.05) is 12.7 Å². The van der Waals surface area contributed by atoms with Gasteiger partial charge in [-0.15, -0.1) is 0 Å². The van der Waals surface area contributed by atoms with Crippen LogP contribution in [0.25, 0.3) is 0 Å². The molecule has 0 bridgehead atoms. The number of ether oxygens (including phenoxy) is 1. The third-order valence-electron chi connectivity index (χ3n) is 3.02. The normalized spacial score (nSPS) is 13.1. The maximum absolute atomic E-state index is 12.2. The number of nitrogens with zero attached hydrogens (tertiary/aromatic N) is 1. The van der Waals surface area contributed by atoms with E-state index in [1.165, 1.54) is 0 Å². The van der Waals surface area contributed by atoms with Crippen molar-refractivity contribution in [3.8, 4) is 5.88 Å². The largest absolute Gasteiger partial charge is 0.477 e. The van der Waals surface area contributed by atoms with Crippen LogP contribution in [0.15, 0.2) is 18.3 Å². The molecular weight excluding hydrogens is 268 g/mol. The molecule has 1 amide bonds. The Labute approximate surface area is 126 Å². The van der Waals surface area contributed by atoms with Crippen molar-refractivity contribution >= 4 is 5.91 Å². The summed E-state index contributed by atoms with van der Waals surface area (Å²) in [6, 6.07) is 3.36. The van der Waals surface area contributed by atoms with E-state index >= 15 is 0 Å². The summed E-state index contributed by atoms with van der Waals surface area (Å²) < 4.78 is 5.56. The Hall–Kier alpha value is -1.62. The average molecular weight is 294 g/mol. The lowest BCUT2D eigenvalue weighted by Crippen LogP contribution is -2.39. The molecule has 1 atom stereocenters. The van der Waals surface area contributed by atoms with Gasteiger partial charge >= 0.3 is 0 Å². The number of hydrogen-bond acceptors (Lipinski definition) is 4. The maximum Gasteiger partial charge on any atom is 0.256 e. The fourth-order valence-corrected chi connectivity index (χ4v) is 1.52. The van der Waals surface area contributed by atoms with Crippen molar-refractivity contribution in [3.05, 3.63) is 23.9 Å². The third kappa shape index (κ3) is 5.71. The summed E-state index contributed by atoms with van der Waals surface area (Å²) in [4.78, 5) is 16.3. The molecule has 0 radical (unpaired) electrons. The van der Waals surface area contributed by atoms with Crippen LogP contribution >= 0.6 is 0 Å². The van der Waals surface area contributed by atoms with Crippen LogP contribution < -0.4 is 10.1 Å². The Morgan fingerprint density at radius 2 is 2.10 bits per heavy atom. The van der Waals surface area contributed by atoms with Crippen LogP contribution in [0.2, 0.25) is 0 Å². The number of aromatic nitrogens is 1. The first-order valence-electron chi connectivity index (χ1n) is 7.26. The average Bonchev–Trinajstić information content (AvgIpc) is 2.41. The predicted octanol–water partition coefficient (Wildman–Crippen LogP) is 2.25. The van der Waals surface area contributed by atoms with E-state index in [4.69, 9.17) is 4.74 Å². The summed E-state index contributed by atoms with van der Waals surface area (Å²) in [5.74, 6) is 0.393. The highest BCUT2D eigenvalue weighted by atomic mass is 16.5. The van der Waals surface area contributed by atoms with Gasteiger partial charge in [-0.1, -0.05) is 34.6 Å². The fourth-order valence-electron chi connectivity index (χ4n) is 1.52. The van der Waals surface area contributed by atoms with Gasteiger partial charge in [0.15, 0.2) is 0 Å². The number of amides is 1. The molecule has 1 rings (SSSR count). The van der Waals surface area contributed by atoms with Gasteiger partial charge in [-0.2, -0.15) is 0 Å². The molecule has 5 heteroatoms. The summed E-state index contributed by atoms with van der Waals surface area (Å²) in [7, 11) is 0. The van der Waals surface area contributed by atoms with Crippen LogP contribution in [-0.4, -0.2) is 35.3 Å². The summed E-state index contributed by atoms with van der Waals surface area (Å²) >= 11 is 0. The Morgan fingerprint density at radius 1 is 1.43 bits per heavy atom. The van der Waals surface area contributed by atoms with Crippen molar-refractivity contribution in [3.63, 3.8) is 0 Å². The van der Waals surface area contributed by atoms with E-state index in [-0.39, 0.29) is 17.9 Å². The molecule has 0 aromatic carbocycles. The monoisotopic (exact) mass is 294 g/mol. The summed E-state index contributed by atoms with van der Waals surface area (Å²) in [6.45, 7) is 10.5. The second-order valence-electron chi connectivity index (χ2n) is 6.65. The van der Waals surface area contributed by atoms with E-state index in [0.717, 1.165) is 0 Å². The number of aliphatic hydroxyl groups excluding tert-OH is 1. The van der Waals surface area contributed by atoms with Crippen molar-refractivity contribution in [2.24, 2.45) is 11.3 Å². The molecule has 1 aromatic rings. The second-order valence-corrected chi connectivity index (χ2v) is 6.65. The van der Waals surface area contributed by atoms with E-state index < -0.39 is 6.10 Å². The zero-order valence-electron chi connectivity index (χ0n) is 13.5. The number of carbonyl (C=O) groups excluding carboxylic acids is 1. The molecule has 1 heterocycles. The molecule has 1 aromatic heterocycles. The van der Waals surface area contributed by atoms with E-state index in [2.05, 4.69) is 10.3 Å². The zero-order valence-corrected chi connectivity index (χ0v) is 13.5. The van der Waals surface area contributed by atoms with Crippen molar-refractivity contribution in [1.82, 2.24) is 10.3 Å². The Bertz CT molecular complexity index is 467. The standard InChI is InChI=1S/C16H26N2O3/c1-11(2)10-21-15-12(7-6-8-17-15)14(20)18-9-13(19)16(3,4)5/h6-8,11,13,19H,9-10H2,1-5H3,(H,18,20). The number of rotatable bonds is 6. The van der Waals surface area contributed by atoms with Crippen LogP contribution in [0.5, 0.6) is 5.88 Å². The molecule has 118 valence electrons. The first-order valence-corrected chi connectivity index (χ1v) is 7.26. The SMILES string of the molecule is CC(C)COc1ncccc1C(=O)NCC(O)C(C)(C)C. The zero-order chi connectivity index (χ0) is 16.0. The van der Waals surface area contributed by atoms with E-state index in [1.54, 1.807) is 18.3 Å². The first kappa shape index (κ1) is 17.4. The highest BCUT2D eigenvalue weighted by molar-refractivity contribution is 5.96. The minimum atomic E-state index is -0.613. The summed E-state index contributed by atoms with van der Waals surface area (Å²) in [5, 5.41) is 12.7. The van der Waals surface area contributed by atoms with Crippen LogP contribution in [0.3, 0.4) is 0 Å². The minimum absolute atomic E-state index is 0.195. The molecule has 21 heavy (non-hydrogen) atoms. The van der Waals surface area contributed by atoms with Crippen LogP contribution in [0.1, 0.15) is 45.0 Å². The lowest BCUT2D eigenvalue weighted by atomic mass is 9.89. The fraction of sp³-hybridized carbons (Fsp3) is 0.625. The maximum atomic E-state index is 12.2. The molecule has 0 fully saturated rings. The van der Waals surface area contributed by atoms with Gasteiger partial charge in [0.2, 0.25) is 5.88 Å². The van der Waals surface area contributed by atoms with Gasteiger partial charge in [0.1, 0.15) is 5.56 Å². The second kappa shape index (κ2) is 7.41. The molecule has 1 unspecified atom stereocenters. The van der Waals surface area contributed by atoms with Crippen molar-refractivity contribution in [1.29, 1.82) is 0 Å². The van der Waals surface area contributed by atoms with E-state index in [0.29, 0.717) is 24.0 Å². The van der Waals surface area contributed by atoms with Crippen LogP contribution in [-0.2, 0) is 0 Å². The highest BCUT2D eigenvalue weighted by Gasteiger charge is 2.23. The number of aliphatic hydroxyl groups is 1. The predicted molar refractivity (Wildman–Crippen MR) is 82.4 cm³/mol. The van der Waals surface area contributed by atoms with Gasteiger partial charge in [-0.05, 0) is 23.5 Å². The topological polar surface area (TPSA) is 71.5 Å². The minimum Gasteiger partial charge on any atom is -0.477 e. The molecule has 0 aliphatic heterocycles. The first-order chi connectivity index (χ1) is 9.71. The van der Waals surface area contributed by atoms with Crippen LogP contribution in [0.4, 0.5) is 0 Å². The lowest BCUT2D eigenvalue weighted by molar-refractivity contribution is 0.0585. The van der Waals surface area contributed by atoms with E-state index in [1.807, 2.05) is 34.6 Å². The van der Waals surface area contributed by atoms with Gasteiger partial charge < -0.3 is 15.2 Å². The molecule has 0 spiro atoms. The van der Waals surface area contributed by atoms with Gasteiger partial charge in [0.05, 0.1) is 12.7 Å². The molecule has 0 aliphatic carbocycles. The van der Waals surface area contributed by atoms with Gasteiger partial charge in [0.25, 0.3) is 5.91 Å². The molecule has 5 nitrogen and oxygen atoms in total. The number of nitrogens with one attached hydrogen (secondary N) is 1. The molecular formula is C16H26N2O3. The molecule has 2 N–H and O–H groups in total. The number of pyridine rings is 1. The number of carbonyl (C=O) groups is 1. The highest BCUT2D eigenvalue weighted by Crippen LogP contribution is 2.19. The Morgan fingerprint density at radius 3 is 2.67 bits per heavy atom. The quantitative estimate of drug-likeness (QED) is 0.844.